The second kappa shape index (κ2) is 7.13. The number of rotatable bonds is 4. The highest BCUT2D eigenvalue weighted by Crippen LogP contribution is 2.25. The number of hydrogen-bond donors (Lipinski definition) is 0. The number of ether oxygens (including phenoxy) is 1. The van der Waals surface area contributed by atoms with E-state index in [0.29, 0.717) is 17.9 Å². The summed E-state index contributed by atoms with van der Waals surface area (Å²) in [6.45, 7) is 1.38. The predicted molar refractivity (Wildman–Crippen MR) is 86.2 cm³/mol. The minimum atomic E-state index is -0.0359. The Balaban J connectivity index is 1.56. The van der Waals surface area contributed by atoms with Gasteiger partial charge < -0.3 is 14.2 Å². The van der Waals surface area contributed by atoms with Crippen molar-refractivity contribution >= 4 is 5.91 Å². The second-order valence-electron chi connectivity index (χ2n) is 5.90. The molecule has 0 radical (unpaired) electrons. The monoisotopic (exact) mass is 325 g/mol. The molecule has 0 saturated carbocycles. The van der Waals surface area contributed by atoms with Gasteiger partial charge in [-0.1, -0.05) is 0 Å². The van der Waals surface area contributed by atoms with Crippen LogP contribution in [-0.2, 0) is 11.8 Å². The summed E-state index contributed by atoms with van der Waals surface area (Å²) in [5, 5.41) is 16.9. The first-order chi connectivity index (χ1) is 11.7. The number of carbonyl (C=O) groups is 1. The Morgan fingerprint density at radius 3 is 2.88 bits per heavy atom. The Morgan fingerprint density at radius 1 is 1.42 bits per heavy atom. The van der Waals surface area contributed by atoms with E-state index in [2.05, 4.69) is 10.2 Å². The zero-order chi connectivity index (χ0) is 16.9. The molecule has 24 heavy (non-hydrogen) atoms. The van der Waals surface area contributed by atoms with Crippen LogP contribution in [0, 0.1) is 11.3 Å². The molecule has 1 amide bonds. The number of aromatic nitrogens is 3. The van der Waals surface area contributed by atoms with Crippen LogP contribution in [0.25, 0.3) is 0 Å². The Morgan fingerprint density at radius 2 is 2.21 bits per heavy atom. The smallest absolute Gasteiger partial charge is 0.260 e. The molecule has 1 aromatic carbocycles. The first-order valence-corrected chi connectivity index (χ1v) is 7.92. The Bertz CT molecular complexity index is 747. The maximum Gasteiger partial charge on any atom is 0.260 e. The van der Waals surface area contributed by atoms with Crippen LogP contribution in [0.5, 0.6) is 5.75 Å². The van der Waals surface area contributed by atoms with Gasteiger partial charge in [0.05, 0.1) is 11.6 Å². The highest BCUT2D eigenvalue weighted by atomic mass is 16.5. The highest BCUT2D eigenvalue weighted by Gasteiger charge is 2.27. The maximum absolute atomic E-state index is 12.4. The van der Waals surface area contributed by atoms with Crippen molar-refractivity contribution in [2.45, 2.75) is 18.8 Å². The van der Waals surface area contributed by atoms with E-state index in [9.17, 15) is 4.79 Å². The third-order valence-electron chi connectivity index (χ3n) is 4.23. The molecule has 1 saturated heterocycles. The number of nitrogens with zero attached hydrogens (tertiary/aromatic N) is 5. The van der Waals surface area contributed by atoms with Gasteiger partial charge in [-0.15, -0.1) is 10.2 Å². The van der Waals surface area contributed by atoms with E-state index in [-0.39, 0.29) is 18.4 Å². The van der Waals surface area contributed by atoms with Crippen molar-refractivity contribution in [3.8, 4) is 11.8 Å². The molecular formula is C17H19N5O2. The molecule has 0 aliphatic carbocycles. The highest BCUT2D eigenvalue weighted by molar-refractivity contribution is 5.78. The lowest BCUT2D eigenvalue weighted by atomic mass is 9.97. The molecule has 1 aliphatic heterocycles. The van der Waals surface area contributed by atoms with Gasteiger partial charge in [0.2, 0.25) is 0 Å². The summed E-state index contributed by atoms with van der Waals surface area (Å²) in [6, 6.07) is 8.79. The quantitative estimate of drug-likeness (QED) is 0.850. The van der Waals surface area contributed by atoms with Crippen molar-refractivity contribution in [3.63, 3.8) is 0 Å². The third-order valence-corrected chi connectivity index (χ3v) is 4.23. The largest absolute Gasteiger partial charge is 0.484 e. The molecule has 1 aromatic heterocycles. The third kappa shape index (κ3) is 3.54. The number of amides is 1. The van der Waals surface area contributed by atoms with E-state index in [1.807, 2.05) is 22.6 Å². The van der Waals surface area contributed by atoms with Gasteiger partial charge in [-0.2, -0.15) is 5.26 Å². The fraction of sp³-hybridized carbons (Fsp3) is 0.412. The van der Waals surface area contributed by atoms with Gasteiger partial charge in [0, 0.05) is 26.1 Å². The molecule has 7 nitrogen and oxygen atoms in total. The molecule has 0 spiro atoms. The van der Waals surface area contributed by atoms with Gasteiger partial charge in [0.25, 0.3) is 5.91 Å². The van der Waals surface area contributed by atoms with E-state index in [4.69, 9.17) is 10.00 Å². The minimum absolute atomic E-state index is 0.00254. The Hall–Kier alpha value is -2.88. The number of piperidine rings is 1. The zero-order valence-electron chi connectivity index (χ0n) is 13.6. The van der Waals surface area contributed by atoms with Gasteiger partial charge in [0.15, 0.2) is 6.61 Å². The Labute approximate surface area is 140 Å². The summed E-state index contributed by atoms with van der Waals surface area (Å²) in [5.74, 6) is 1.68. The average molecular weight is 325 g/mol. The van der Waals surface area contributed by atoms with E-state index in [0.717, 1.165) is 25.2 Å². The van der Waals surface area contributed by atoms with Gasteiger partial charge >= 0.3 is 0 Å². The van der Waals surface area contributed by atoms with Crippen LogP contribution in [0.15, 0.2) is 30.6 Å². The summed E-state index contributed by atoms with van der Waals surface area (Å²) in [4.78, 5) is 14.2. The van der Waals surface area contributed by atoms with Crippen LogP contribution in [0.1, 0.15) is 30.1 Å². The van der Waals surface area contributed by atoms with E-state index >= 15 is 0 Å². The molecule has 3 rings (SSSR count). The lowest BCUT2D eigenvalue weighted by Gasteiger charge is -2.32. The summed E-state index contributed by atoms with van der Waals surface area (Å²) < 4.78 is 7.45. The number of benzene rings is 1. The van der Waals surface area contributed by atoms with Crippen molar-refractivity contribution in [1.82, 2.24) is 19.7 Å². The molecule has 0 bridgehead atoms. The van der Waals surface area contributed by atoms with Gasteiger partial charge in [0.1, 0.15) is 17.9 Å². The van der Waals surface area contributed by atoms with Crippen LogP contribution in [0.2, 0.25) is 0 Å². The van der Waals surface area contributed by atoms with E-state index in [1.165, 1.54) is 0 Å². The predicted octanol–water partition coefficient (Wildman–Crippen LogP) is 1.47. The number of nitriles is 1. The SMILES string of the molecule is Cn1cnnc1[C@H]1CCCN(C(=O)COc2ccc(C#N)cc2)C1. The molecule has 2 heterocycles. The van der Waals surface area contributed by atoms with Gasteiger partial charge in [-0.25, -0.2) is 0 Å². The minimum Gasteiger partial charge on any atom is -0.484 e. The van der Waals surface area contributed by atoms with Crippen LogP contribution in [0.4, 0.5) is 0 Å². The van der Waals surface area contributed by atoms with Gasteiger partial charge in [-0.3, -0.25) is 4.79 Å². The van der Waals surface area contributed by atoms with Gasteiger partial charge in [-0.05, 0) is 37.1 Å². The van der Waals surface area contributed by atoms with E-state index in [1.54, 1.807) is 30.6 Å². The first-order valence-electron chi connectivity index (χ1n) is 7.92. The summed E-state index contributed by atoms with van der Waals surface area (Å²) in [6.07, 6.45) is 3.64. The molecule has 1 fully saturated rings. The fourth-order valence-corrected chi connectivity index (χ4v) is 2.94. The summed E-state index contributed by atoms with van der Waals surface area (Å²) in [7, 11) is 1.92. The maximum atomic E-state index is 12.4. The molecule has 1 atom stereocenters. The lowest BCUT2D eigenvalue weighted by Crippen LogP contribution is -2.42. The van der Waals surface area contributed by atoms with Crippen molar-refractivity contribution < 1.29 is 9.53 Å². The number of hydrogen-bond acceptors (Lipinski definition) is 5. The zero-order valence-corrected chi connectivity index (χ0v) is 13.6. The molecule has 124 valence electrons. The molecular weight excluding hydrogens is 306 g/mol. The molecule has 7 heteroatoms. The van der Waals surface area contributed by atoms with E-state index < -0.39 is 0 Å². The fourth-order valence-electron chi connectivity index (χ4n) is 2.94. The molecule has 0 unspecified atom stereocenters. The van der Waals surface area contributed by atoms with Crippen LogP contribution in [-0.4, -0.2) is 45.3 Å². The molecule has 1 aliphatic rings. The van der Waals surface area contributed by atoms with Crippen molar-refractivity contribution in [3.05, 3.63) is 42.0 Å². The summed E-state index contributed by atoms with van der Waals surface area (Å²) in [5.41, 5.74) is 0.566. The Kier molecular flexibility index (Phi) is 4.75. The molecule has 0 N–H and O–H groups in total. The van der Waals surface area contributed by atoms with Crippen LogP contribution in [0.3, 0.4) is 0 Å². The average Bonchev–Trinajstić information content (AvgIpc) is 3.06. The lowest BCUT2D eigenvalue weighted by molar-refractivity contribution is -0.134. The van der Waals surface area contributed by atoms with Crippen molar-refractivity contribution in [2.75, 3.05) is 19.7 Å². The topological polar surface area (TPSA) is 84.0 Å². The second-order valence-corrected chi connectivity index (χ2v) is 5.90. The van der Waals surface area contributed by atoms with Crippen molar-refractivity contribution in [1.29, 1.82) is 5.26 Å². The van der Waals surface area contributed by atoms with Crippen molar-refractivity contribution in [2.24, 2.45) is 7.05 Å². The number of aryl methyl sites for hydroxylation is 1. The first kappa shape index (κ1) is 16.0. The molecule has 2 aromatic rings. The van der Waals surface area contributed by atoms with Crippen LogP contribution < -0.4 is 4.74 Å². The number of carbonyl (C=O) groups excluding carboxylic acids is 1. The number of likely N-dealkylation sites (tertiary alicyclic amines) is 1. The standard InChI is InChI=1S/C17H19N5O2/c1-21-12-19-20-17(21)14-3-2-8-22(10-14)16(23)11-24-15-6-4-13(9-18)5-7-15/h4-7,12,14H,2-3,8,10-11H2,1H3/t14-/m0/s1. The normalized spacial score (nSPS) is 17.3. The summed E-state index contributed by atoms with van der Waals surface area (Å²) >= 11 is 0. The van der Waals surface area contributed by atoms with Crippen LogP contribution >= 0.6 is 0 Å².